The molecule has 1 fully saturated rings. The van der Waals surface area contributed by atoms with Crippen LogP contribution in [0.4, 0.5) is 0 Å². The summed E-state index contributed by atoms with van der Waals surface area (Å²) >= 11 is 0. The average Bonchev–Trinajstić information content (AvgIpc) is 2.98. The zero-order chi connectivity index (χ0) is 14.2. The van der Waals surface area contributed by atoms with Crippen molar-refractivity contribution < 1.29 is 4.79 Å². The Kier molecular flexibility index (Phi) is 6.05. The van der Waals surface area contributed by atoms with Gasteiger partial charge in [0.2, 0.25) is 5.91 Å². The van der Waals surface area contributed by atoms with Crippen molar-refractivity contribution >= 4 is 5.91 Å². The summed E-state index contributed by atoms with van der Waals surface area (Å²) in [5.74, 6) is 2.29. The van der Waals surface area contributed by atoms with Crippen LogP contribution in [0.3, 0.4) is 0 Å². The standard InChI is InChI=1S/C15H26N4O/c1-12(13-4-2-6-16-11-13)10-15(20)19-7-3-5-14-17-8-9-18-14/h8-9,12-13,16H,2-7,10-11H2,1H3,(H,17,18)(H,19,20). The van der Waals surface area contributed by atoms with Gasteiger partial charge in [0.25, 0.3) is 0 Å². The Hall–Kier alpha value is -1.36. The van der Waals surface area contributed by atoms with Crippen LogP contribution in [0.15, 0.2) is 12.4 Å². The normalized spacial score (nSPS) is 20.6. The number of amides is 1. The maximum Gasteiger partial charge on any atom is 0.220 e. The van der Waals surface area contributed by atoms with Crippen molar-refractivity contribution in [1.29, 1.82) is 0 Å². The van der Waals surface area contributed by atoms with E-state index in [1.807, 2.05) is 6.20 Å². The second kappa shape index (κ2) is 8.04. The molecule has 5 heteroatoms. The summed E-state index contributed by atoms with van der Waals surface area (Å²) in [7, 11) is 0. The quantitative estimate of drug-likeness (QED) is 0.662. The van der Waals surface area contributed by atoms with E-state index >= 15 is 0 Å². The first-order valence-electron chi connectivity index (χ1n) is 7.71. The van der Waals surface area contributed by atoms with E-state index in [9.17, 15) is 4.79 Å². The number of hydrogen-bond acceptors (Lipinski definition) is 3. The maximum atomic E-state index is 11.9. The fourth-order valence-electron chi connectivity index (χ4n) is 2.81. The first-order chi connectivity index (χ1) is 9.75. The van der Waals surface area contributed by atoms with Gasteiger partial charge in [-0.2, -0.15) is 0 Å². The van der Waals surface area contributed by atoms with E-state index in [1.165, 1.54) is 12.8 Å². The molecular weight excluding hydrogens is 252 g/mol. The molecule has 2 unspecified atom stereocenters. The molecule has 0 spiro atoms. The number of imidazole rings is 1. The Labute approximate surface area is 120 Å². The minimum atomic E-state index is 0.183. The topological polar surface area (TPSA) is 69.8 Å². The van der Waals surface area contributed by atoms with Crippen LogP contribution in [0.2, 0.25) is 0 Å². The molecule has 3 N–H and O–H groups in total. The zero-order valence-corrected chi connectivity index (χ0v) is 12.3. The van der Waals surface area contributed by atoms with Crippen molar-refractivity contribution in [3.05, 3.63) is 18.2 Å². The van der Waals surface area contributed by atoms with Gasteiger partial charge >= 0.3 is 0 Å². The van der Waals surface area contributed by atoms with Crippen molar-refractivity contribution in [3.63, 3.8) is 0 Å². The molecule has 1 aliphatic rings. The molecule has 20 heavy (non-hydrogen) atoms. The number of piperidine rings is 1. The molecule has 2 atom stereocenters. The highest BCUT2D eigenvalue weighted by Gasteiger charge is 2.21. The Balaban J connectivity index is 1.57. The number of carbonyl (C=O) groups excluding carboxylic acids is 1. The first kappa shape index (κ1) is 15.0. The molecule has 112 valence electrons. The van der Waals surface area contributed by atoms with Crippen LogP contribution in [0, 0.1) is 11.8 Å². The second-order valence-electron chi connectivity index (χ2n) is 5.78. The minimum Gasteiger partial charge on any atom is -0.356 e. The number of carbonyl (C=O) groups is 1. The van der Waals surface area contributed by atoms with Crippen LogP contribution in [-0.4, -0.2) is 35.5 Å². The third-order valence-corrected chi connectivity index (χ3v) is 4.11. The smallest absolute Gasteiger partial charge is 0.220 e. The van der Waals surface area contributed by atoms with Crippen LogP contribution >= 0.6 is 0 Å². The predicted octanol–water partition coefficient (Wildman–Crippen LogP) is 1.48. The Bertz CT molecular complexity index is 385. The third-order valence-electron chi connectivity index (χ3n) is 4.11. The van der Waals surface area contributed by atoms with E-state index < -0.39 is 0 Å². The van der Waals surface area contributed by atoms with Gasteiger partial charge in [-0.05, 0) is 44.2 Å². The highest BCUT2D eigenvalue weighted by Crippen LogP contribution is 2.22. The molecule has 2 heterocycles. The number of aromatic nitrogens is 2. The molecular formula is C15H26N4O. The molecule has 1 aliphatic heterocycles. The van der Waals surface area contributed by atoms with Crippen LogP contribution in [0.5, 0.6) is 0 Å². The summed E-state index contributed by atoms with van der Waals surface area (Å²) < 4.78 is 0. The molecule has 0 aromatic carbocycles. The Morgan fingerprint density at radius 3 is 3.20 bits per heavy atom. The maximum absolute atomic E-state index is 11.9. The number of nitrogens with zero attached hydrogens (tertiary/aromatic N) is 1. The van der Waals surface area contributed by atoms with Gasteiger partial charge in [-0.25, -0.2) is 4.98 Å². The van der Waals surface area contributed by atoms with E-state index in [-0.39, 0.29) is 5.91 Å². The van der Waals surface area contributed by atoms with Gasteiger partial charge in [-0.1, -0.05) is 6.92 Å². The highest BCUT2D eigenvalue weighted by atomic mass is 16.1. The van der Waals surface area contributed by atoms with Gasteiger partial charge in [0.1, 0.15) is 5.82 Å². The summed E-state index contributed by atoms with van der Waals surface area (Å²) in [6.45, 7) is 5.12. The number of aryl methyl sites for hydroxylation is 1. The molecule has 0 aliphatic carbocycles. The first-order valence-corrected chi connectivity index (χ1v) is 7.71. The molecule has 1 aromatic rings. The number of nitrogens with one attached hydrogen (secondary N) is 3. The monoisotopic (exact) mass is 278 g/mol. The second-order valence-corrected chi connectivity index (χ2v) is 5.78. The number of hydrogen-bond donors (Lipinski definition) is 3. The fourth-order valence-corrected chi connectivity index (χ4v) is 2.81. The fraction of sp³-hybridized carbons (Fsp3) is 0.733. The molecule has 0 bridgehead atoms. The number of rotatable bonds is 7. The van der Waals surface area contributed by atoms with Crippen LogP contribution in [-0.2, 0) is 11.2 Å². The van der Waals surface area contributed by atoms with Gasteiger partial charge in [0.05, 0.1) is 0 Å². The zero-order valence-electron chi connectivity index (χ0n) is 12.3. The Morgan fingerprint density at radius 2 is 2.50 bits per heavy atom. The van der Waals surface area contributed by atoms with Crippen molar-refractivity contribution in [2.75, 3.05) is 19.6 Å². The van der Waals surface area contributed by atoms with Gasteiger partial charge in [0.15, 0.2) is 0 Å². The number of aromatic amines is 1. The molecule has 2 rings (SSSR count). The van der Waals surface area contributed by atoms with Gasteiger partial charge in [-0.3, -0.25) is 4.79 Å². The van der Waals surface area contributed by atoms with E-state index in [1.54, 1.807) is 6.20 Å². The largest absolute Gasteiger partial charge is 0.356 e. The third kappa shape index (κ3) is 4.96. The summed E-state index contributed by atoms with van der Waals surface area (Å²) in [6, 6.07) is 0. The number of H-pyrrole nitrogens is 1. The lowest BCUT2D eigenvalue weighted by Crippen LogP contribution is -2.35. The summed E-state index contributed by atoms with van der Waals surface area (Å²) in [4.78, 5) is 19.1. The van der Waals surface area contributed by atoms with Crippen LogP contribution < -0.4 is 10.6 Å². The van der Waals surface area contributed by atoms with E-state index in [4.69, 9.17) is 0 Å². The van der Waals surface area contributed by atoms with Gasteiger partial charge < -0.3 is 15.6 Å². The molecule has 0 saturated carbocycles. The molecule has 1 aromatic heterocycles. The molecule has 1 saturated heterocycles. The van der Waals surface area contributed by atoms with Crippen LogP contribution in [0.25, 0.3) is 0 Å². The van der Waals surface area contributed by atoms with Crippen LogP contribution in [0.1, 0.15) is 38.4 Å². The lowest BCUT2D eigenvalue weighted by Gasteiger charge is -2.28. The summed E-state index contributed by atoms with van der Waals surface area (Å²) in [5.41, 5.74) is 0. The van der Waals surface area contributed by atoms with E-state index in [0.717, 1.165) is 38.3 Å². The van der Waals surface area contributed by atoms with E-state index in [0.29, 0.717) is 18.3 Å². The van der Waals surface area contributed by atoms with Crippen molar-refractivity contribution in [1.82, 2.24) is 20.6 Å². The van der Waals surface area contributed by atoms with Crippen molar-refractivity contribution in [3.8, 4) is 0 Å². The van der Waals surface area contributed by atoms with Gasteiger partial charge in [-0.15, -0.1) is 0 Å². The minimum absolute atomic E-state index is 0.183. The summed E-state index contributed by atoms with van der Waals surface area (Å²) in [6.07, 6.45) is 8.53. The van der Waals surface area contributed by atoms with Crippen molar-refractivity contribution in [2.45, 2.75) is 39.0 Å². The lowest BCUT2D eigenvalue weighted by molar-refractivity contribution is -0.122. The molecule has 1 amide bonds. The molecule has 0 radical (unpaired) electrons. The predicted molar refractivity (Wildman–Crippen MR) is 79.3 cm³/mol. The van der Waals surface area contributed by atoms with Crippen molar-refractivity contribution in [2.24, 2.45) is 11.8 Å². The Morgan fingerprint density at radius 1 is 1.60 bits per heavy atom. The SMILES string of the molecule is CC(CC(=O)NCCCc1ncc[nH]1)C1CCCNC1. The average molecular weight is 278 g/mol. The molecule has 5 nitrogen and oxygen atoms in total. The lowest BCUT2D eigenvalue weighted by atomic mass is 9.85. The van der Waals surface area contributed by atoms with E-state index in [2.05, 4.69) is 27.5 Å². The van der Waals surface area contributed by atoms with Gasteiger partial charge in [0, 0.05) is 31.8 Å². The summed E-state index contributed by atoms with van der Waals surface area (Å²) in [5, 5.41) is 6.43. The highest BCUT2D eigenvalue weighted by molar-refractivity contribution is 5.76.